The van der Waals surface area contributed by atoms with Gasteiger partial charge in [0.1, 0.15) is 5.71 Å². The zero-order chi connectivity index (χ0) is 17.7. The van der Waals surface area contributed by atoms with Crippen molar-refractivity contribution in [2.24, 2.45) is 10.7 Å². The summed E-state index contributed by atoms with van der Waals surface area (Å²) in [6.07, 6.45) is 3.48. The molecule has 0 radical (unpaired) electrons. The van der Waals surface area contributed by atoms with Crippen LogP contribution in [0.5, 0.6) is 0 Å². The van der Waals surface area contributed by atoms with E-state index < -0.39 is 11.4 Å². The van der Waals surface area contributed by atoms with Crippen LogP contribution in [0.4, 0.5) is 5.69 Å². The lowest BCUT2D eigenvalue weighted by molar-refractivity contribution is -0.110. The summed E-state index contributed by atoms with van der Waals surface area (Å²) in [4.78, 5) is 16.6. The Morgan fingerprint density at radius 3 is 3.00 bits per heavy atom. The Morgan fingerprint density at radius 2 is 2.33 bits per heavy atom. The third-order valence-electron chi connectivity index (χ3n) is 3.66. The van der Waals surface area contributed by atoms with E-state index in [1.807, 2.05) is 25.1 Å². The molecule has 0 saturated carbocycles. The van der Waals surface area contributed by atoms with Crippen molar-refractivity contribution in [2.75, 3.05) is 11.1 Å². The molecule has 7 heteroatoms. The van der Waals surface area contributed by atoms with E-state index in [4.69, 9.17) is 22.7 Å². The molecule has 126 valence electrons. The summed E-state index contributed by atoms with van der Waals surface area (Å²) in [6.45, 7) is 5.50. The Labute approximate surface area is 150 Å². The van der Waals surface area contributed by atoms with Crippen molar-refractivity contribution in [3.63, 3.8) is 0 Å². The second-order valence-electron chi connectivity index (χ2n) is 5.50. The van der Waals surface area contributed by atoms with Crippen molar-refractivity contribution in [1.82, 2.24) is 0 Å². The number of halogens is 1. The van der Waals surface area contributed by atoms with Crippen LogP contribution in [-0.2, 0) is 10.3 Å². The van der Waals surface area contributed by atoms with Gasteiger partial charge < -0.3 is 11.1 Å². The molecule has 1 aliphatic heterocycles. The minimum atomic E-state index is -0.542. The van der Waals surface area contributed by atoms with Crippen LogP contribution < -0.4 is 11.1 Å². The van der Waals surface area contributed by atoms with Crippen LogP contribution in [0, 0.1) is 5.41 Å². The highest BCUT2D eigenvalue weighted by atomic mass is 35.5. The Bertz CT molecular complexity index is 744. The minimum absolute atomic E-state index is 0.237. The van der Waals surface area contributed by atoms with E-state index in [1.165, 1.54) is 12.2 Å². The van der Waals surface area contributed by atoms with Crippen LogP contribution in [0.15, 0.2) is 53.0 Å². The molecule has 4 N–H and O–H groups in total. The van der Waals surface area contributed by atoms with Gasteiger partial charge in [0.15, 0.2) is 5.17 Å². The standard InChI is InChI=1S/C17H19ClN4OS/c1-3-12(18)10-14(19)15(23)21-13-6-4-5-11(9-13)17(2)7-8-24-16(20)22-17/h3-6,9-10,19H,1,7-8H2,2H3,(H2,20,22)(H,21,23)/b12-10+,19-14?. The zero-order valence-electron chi connectivity index (χ0n) is 13.3. The van der Waals surface area contributed by atoms with E-state index >= 15 is 0 Å². The number of nitrogens with one attached hydrogen (secondary N) is 2. The summed E-state index contributed by atoms with van der Waals surface area (Å²) < 4.78 is 0. The Kier molecular flexibility index (Phi) is 5.85. The largest absolute Gasteiger partial charge is 0.379 e. The summed E-state index contributed by atoms with van der Waals surface area (Å²) in [6, 6.07) is 7.43. The second-order valence-corrected chi connectivity index (χ2v) is 7.06. The summed E-state index contributed by atoms with van der Waals surface area (Å²) in [5.74, 6) is 0.359. The molecule has 0 aliphatic carbocycles. The fourth-order valence-corrected chi connectivity index (χ4v) is 3.37. The fraction of sp³-hybridized carbons (Fsp3) is 0.235. The molecule has 0 spiro atoms. The summed E-state index contributed by atoms with van der Waals surface area (Å²) in [5, 5.41) is 11.2. The van der Waals surface area contributed by atoms with Crippen LogP contribution in [-0.4, -0.2) is 22.5 Å². The number of amidine groups is 1. The number of benzene rings is 1. The first-order chi connectivity index (χ1) is 11.3. The molecule has 0 saturated heterocycles. The van der Waals surface area contributed by atoms with Crippen molar-refractivity contribution in [3.8, 4) is 0 Å². The number of aliphatic imine (C=N–C) groups is 1. The van der Waals surface area contributed by atoms with E-state index in [2.05, 4.69) is 16.9 Å². The van der Waals surface area contributed by atoms with Gasteiger partial charge in [-0.25, -0.2) is 0 Å². The summed E-state index contributed by atoms with van der Waals surface area (Å²) in [5.41, 5.74) is 6.77. The highest BCUT2D eigenvalue weighted by molar-refractivity contribution is 8.13. The number of anilines is 1. The van der Waals surface area contributed by atoms with Crippen LogP contribution in [0.1, 0.15) is 18.9 Å². The lowest BCUT2D eigenvalue weighted by atomic mass is 9.89. The van der Waals surface area contributed by atoms with Crippen LogP contribution in [0.25, 0.3) is 0 Å². The fourth-order valence-electron chi connectivity index (χ4n) is 2.29. The highest BCUT2D eigenvalue weighted by Crippen LogP contribution is 2.35. The first-order valence-corrected chi connectivity index (χ1v) is 8.68. The topological polar surface area (TPSA) is 91.3 Å². The van der Waals surface area contributed by atoms with Gasteiger partial charge in [0.25, 0.3) is 5.91 Å². The third kappa shape index (κ3) is 4.49. The van der Waals surface area contributed by atoms with Gasteiger partial charge in [-0.3, -0.25) is 15.2 Å². The molecule has 2 rings (SSSR count). The van der Waals surface area contributed by atoms with Gasteiger partial charge in [0, 0.05) is 16.5 Å². The van der Waals surface area contributed by atoms with Gasteiger partial charge in [-0.2, -0.15) is 0 Å². The summed E-state index contributed by atoms with van der Waals surface area (Å²) >= 11 is 7.30. The number of carbonyl (C=O) groups is 1. The second kappa shape index (κ2) is 7.68. The third-order valence-corrected chi connectivity index (χ3v) is 4.72. The maximum atomic E-state index is 12.1. The van der Waals surface area contributed by atoms with Crippen LogP contribution in [0.2, 0.25) is 0 Å². The quantitative estimate of drug-likeness (QED) is 0.551. The van der Waals surface area contributed by atoms with Crippen LogP contribution in [0.3, 0.4) is 0 Å². The van der Waals surface area contributed by atoms with Gasteiger partial charge >= 0.3 is 0 Å². The minimum Gasteiger partial charge on any atom is -0.379 e. The maximum Gasteiger partial charge on any atom is 0.273 e. The molecule has 1 unspecified atom stereocenters. The SMILES string of the molecule is C=C/C(Cl)=C\C(=N)C(=O)Nc1cccc(C2(C)CCSC(N)=N2)c1. The average molecular weight is 363 g/mol. The van der Waals surface area contributed by atoms with Crippen molar-refractivity contribution >= 4 is 45.8 Å². The molecule has 1 heterocycles. The zero-order valence-corrected chi connectivity index (χ0v) is 14.9. The van der Waals surface area contributed by atoms with E-state index in [1.54, 1.807) is 17.8 Å². The van der Waals surface area contributed by atoms with Crippen molar-refractivity contribution in [2.45, 2.75) is 18.9 Å². The molecule has 1 amide bonds. The molecule has 1 aliphatic rings. The molecule has 24 heavy (non-hydrogen) atoms. The van der Waals surface area contributed by atoms with Crippen molar-refractivity contribution < 1.29 is 4.79 Å². The van der Waals surface area contributed by atoms with E-state index in [0.29, 0.717) is 10.9 Å². The van der Waals surface area contributed by atoms with Crippen molar-refractivity contribution in [3.05, 3.63) is 53.6 Å². The van der Waals surface area contributed by atoms with Crippen molar-refractivity contribution in [1.29, 1.82) is 5.41 Å². The number of amides is 1. The molecule has 5 nitrogen and oxygen atoms in total. The maximum absolute atomic E-state index is 12.1. The molecular formula is C17H19ClN4OS. The molecule has 1 aromatic carbocycles. The Balaban J connectivity index is 2.19. The Hall–Kier alpha value is -2.05. The van der Waals surface area contributed by atoms with E-state index in [-0.39, 0.29) is 10.7 Å². The van der Waals surface area contributed by atoms with Gasteiger partial charge in [-0.05, 0) is 37.1 Å². The van der Waals surface area contributed by atoms with Gasteiger partial charge in [-0.15, -0.1) is 0 Å². The van der Waals surface area contributed by atoms with Gasteiger partial charge in [-0.1, -0.05) is 48.2 Å². The molecule has 0 fully saturated rings. The molecule has 0 bridgehead atoms. The number of nitrogens with zero attached hydrogens (tertiary/aromatic N) is 1. The predicted octanol–water partition coefficient (Wildman–Crippen LogP) is 3.62. The van der Waals surface area contributed by atoms with Gasteiger partial charge in [0.2, 0.25) is 0 Å². The number of allylic oxidation sites excluding steroid dienone is 2. The lowest BCUT2D eigenvalue weighted by Crippen LogP contribution is -2.29. The van der Waals surface area contributed by atoms with E-state index in [9.17, 15) is 4.79 Å². The number of rotatable bonds is 5. The smallest absolute Gasteiger partial charge is 0.273 e. The number of hydrogen-bond donors (Lipinski definition) is 3. The first-order valence-electron chi connectivity index (χ1n) is 7.32. The normalized spacial score (nSPS) is 20.9. The van der Waals surface area contributed by atoms with E-state index in [0.717, 1.165) is 17.7 Å². The Morgan fingerprint density at radius 1 is 1.58 bits per heavy atom. The monoisotopic (exact) mass is 362 g/mol. The molecular weight excluding hydrogens is 344 g/mol. The van der Waals surface area contributed by atoms with Crippen LogP contribution >= 0.6 is 23.4 Å². The van der Waals surface area contributed by atoms with Gasteiger partial charge in [0.05, 0.1) is 5.54 Å². The molecule has 0 aromatic heterocycles. The highest BCUT2D eigenvalue weighted by Gasteiger charge is 2.29. The molecule has 1 atom stereocenters. The predicted molar refractivity (Wildman–Crippen MR) is 103 cm³/mol. The molecule has 1 aromatic rings. The summed E-state index contributed by atoms with van der Waals surface area (Å²) in [7, 11) is 0. The number of hydrogen-bond acceptors (Lipinski definition) is 5. The number of nitrogens with two attached hydrogens (primary N) is 1. The first kappa shape index (κ1) is 18.3. The number of thioether (sulfide) groups is 1. The number of carbonyl (C=O) groups excluding carboxylic acids is 1. The average Bonchev–Trinajstić information content (AvgIpc) is 2.54. The lowest BCUT2D eigenvalue weighted by Gasteiger charge is -2.30.